The van der Waals surface area contributed by atoms with Crippen molar-refractivity contribution in [2.24, 2.45) is 0 Å². The van der Waals surface area contributed by atoms with Gasteiger partial charge in [0.05, 0.1) is 10.6 Å². The fraction of sp³-hybridized carbons (Fsp3) is 0.538. The quantitative estimate of drug-likeness (QED) is 0.835. The molecule has 0 spiro atoms. The summed E-state index contributed by atoms with van der Waals surface area (Å²) in [4.78, 5) is -0.492. The third-order valence-electron chi connectivity index (χ3n) is 3.75. The van der Waals surface area contributed by atoms with E-state index < -0.39 is 26.7 Å². The number of hydrogen-bond acceptors (Lipinski definition) is 2. The molecule has 0 heterocycles. The Hall–Kier alpha value is -0.790. The highest BCUT2D eigenvalue weighted by Crippen LogP contribution is 2.35. The molecule has 0 amide bonds. The second-order valence-electron chi connectivity index (χ2n) is 5.10. The predicted molar refractivity (Wildman–Crippen MR) is 73.7 cm³/mol. The first-order chi connectivity index (χ1) is 9.64. The number of hydrogen-bond donors (Lipinski definition) is 0. The molecular formula is C13H15ClF3NO2S. The highest BCUT2D eigenvalue weighted by atomic mass is 35.5. The molecule has 1 aliphatic carbocycles. The zero-order valence-electron chi connectivity index (χ0n) is 11.3. The van der Waals surface area contributed by atoms with Crippen LogP contribution >= 0.6 is 11.6 Å². The first-order valence-corrected chi connectivity index (χ1v) is 8.30. The van der Waals surface area contributed by atoms with E-state index in [9.17, 15) is 21.6 Å². The molecule has 1 fully saturated rings. The van der Waals surface area contributed by atoms with E-state index in [1.807, 2.05) is 0 Å². The van der Waals surface area contributed by atoms with Crippen LogP contribution in [0.2, 0.25) is 5.02 Å². The third kappa shape index (κ3) is 3.35. The molecule has 118 valence electrons. The topological polar surface area (TPSA) is 37.4 Å². The number of halogens is 4. The monoisotopic (exact) mass is 341 g/mol. The lowest BCUT2D eigenvalue weighted by molar-refractivity contribution is -0.137. The molecule has 0 aromatic heterocycles. The van der Waals surface area contributed by atoms with E-state index in [1.165, 1.54) is 7.05 Å². The van der Waals surface area contributed by atoms with Crippen LogP contribution in [0.4, 0.5) is 13.2 Å². The first kappa shape index (κ1) is 16.6. The molecule has 0 N–H and O–H groups in total. The molecule has 1 aromatic carbocycles. The minimum atomic E-state index is -4.61. The van der Waals surface area contributed by atoms with Crippen molar-refractivity contribution in [1.29, 1.82) is 0 Å². The van der Waals surface area contributed by atoms with Gasteiger partial charge in [-0.2, -0.15) is 17.5 Å². The maximum absolute atomic E-state index is 12.7. The van der Waals surface area contributed by atoms with Crippen molar-refractivity contribution in [2.75, 3.05) is 7.05 Å². The smallest absolute Gasteiger partial charge is 0.207 e. The number of alkyl halides is 3. The molecule has 0 saturated heterocycles. The van der Waals surface area contributed by atoms with E-state index in [0.717, 1.165) is 29.3 Å². The molecule has 0 aliphatic heterocycles. The molecule has 21 heavy (non-hydrogen) atoms. The molecule has 2 rings (SSSR count). The zero-order valence-corrected chi connectivity index (χ0v) is 12.9. The molecule has 3 nitrogen and oxygen atoms in total. The van der Waals surface area contributed by atoms with Gasteiger partial charge in [0, 0.05) is 13.1 Å². The van der Waals surface area contributed by atoms with Gasteiger partial charge in [0.25, 0.3) is 0 Å². The van der Waals surface area contributed by atoms with Crippen molar-refractivity contribution < 1.29 is 21.6 Å². The normalized spacial score (nSPS) is 17.6. The summed E-state index contributed by atoms with van der Waals surface area (Å²) in [6.45, 7) is 0. The minimum absolute atomic E-state index is 0.180. The van der Waals surface area contributed by atoms with Crippen LogP contribution in [0.3, 0.4) is 0 Å². The number of sulfonamides is 1. The van der Waals surface area contributed by atoms with Gasteiger partial charge in [-0.1, -0.05) is 24.4 Å². The number of rotatable bonds is 3. The summed E-state index contributed by atoms with van der Waals surface area (Å²) in [5, 5.41) is -0.201. The number of benzene rings is 1. The van der Waals surface area contributed by atoms with E-state index in [-0.39, 0.29) is 11.1 Å². The molecule has 0 unspecified atom stereocenters. The van der Waals surface area contributed by atoms with E-state index in [4.69, 9.17) is 11.6 Å². The van der Waals surface area contributed by atoms with E-state index >= 15 is 0 Å². The van der Waals surface area contributed by atoms with Gasteiger partial charge in [0.1, 0.15) is 4.90 Å². The zero-order chi connectivity index (χ0) is 15.8. The van der Waals surface area contributed by atoms with E-state index in [0.29, 0.717) is 18.9 Å². The minimum Gasteiger partial charge on any atom is -0.207 e. The summed E-state index contributed by atoms with van der Waals surface area (Å²) in [5.41, 5.74) is -1.02. The van der Waals surface area contributed by atoms with Crippen LogP contribution in [0, 0.1) is 0 Å². The van der Waals surface area contributed by atoms with Crippen molar-refractivity contribution in [3.63, 3.8) is 0 Å². The van der Waals surface area contributed by atoms with Crippen molar-refractivity contribution in [3.05, 3.63) is 28.8 Å². The van der Waals surface area contributed by atoms with E-state index in [2.05, 4.69) is 0 Å². The molecule has 1 saturated carbocycles. The fourth-order valence-electron chi connectivity index (χ4n) is 2.50. The Morgan fingerprint density at radius 1 is 1.24 bits per heavy atom. The van der Waals surface area contributed by atoms with Crippen LogP contribution in [0.1, 0.15) is 31.2 Å². The van der Waals surface area contributed by atoms with Crippen LogP contribution < -0.4 is 0 Å². The molecular weight excluding hydrogens is 327 g/mol. The Kier molecular flexibility index (Phi) is 4.56. The second-order valence-corrected chi connectivity index (χ2v) is 7.48. The van der Waals surface area contributed by atoms with Gasteiger partial charge in [-0.3, -0.25) is 0 Å². The van der Waals surface area contributed by atoms with Crippen LogP contribution in [0.5, 0.6) is 0 Å². The van der Waals surface area contributed by atoms with Gasteiger partial charge in [0.15, 0.2) is 0 Å². The molecule has 8 heteroatoms. The second kappa shape index (κ2) is 5.78. The molecule has 1 aromatic rings. The Balaban J connectivity index is 2.44. The molecule has 0 atom stereocenters. The van der Waals surface area contributed by atoms with Crippen molar-refractivity contribution in [3.8, 4) is 0 Å². The van der Waals surface area contributed by atoms with Gasteiger partial charge in [-0.25, -0.2) is 8.42 Å². The lowest BCUT2D eigenvalue weighted by Gasteiger charge is -2.24. The third-order valence-corrected chi connectivity index (χ3v) is 6.15. The lowest BCUT2D eigenvalue weighted by atomic mass is 10.2. The van der Waals surface area contributed by atoms with Crippen LogP contribution in [0.15, 0.2) is 23.1 Å². The maximum atomic E-state index is 12.7. The lowest BCUT2D eigenvalue weighted by Crippen LogP contribution is -2.35. The van der Waals surface area contributed by atoms with Gasteiger partial charge in [-0.05, 0) is 31.0 Å². The Morgan fingerprint density at radius 3 is 2.33 bits per heavy atom. The van der Waals surface area contributed by atoms with Crippen molar-refractivity contribution in [2.45, 2.75) is 42.8 Å². The summed E-state index contributed by atoms with van der Waals surface area (Å²) < 4.78 is 64.3. The SMILES string of the molecule is CN(C1CCCC1)S(=O)(=O)c1cc(C(F)(F)F)ccc1Cl. The summed E-state index contributed by atoms with van der Waals surface area (Å²) in [7, 11) is -2.64. The summed E-state index contributed by atoms with van der Waals surface area (Å²) in [5.74, 6) is 0. The van der Waals surface area contributed by atoms with Crippen LogP contribution in [-0.2, 0) is 16.2 Å². The maximum Gasteiger partial charge on any atom is 0.416 e. The van der Waals surface area contributed by atoms with Crippen molar-refractivity contribution >= 4 is 21.6 Å². The fourth-order valence-corrected chi connectivity index (χ4v) is 4.41. The largest absolute Gasteiger partial charge is 0.416 e. The summed E-state index contributed by atoms with van der Waals surface area (Å²) >= 11 is 5.81. The summed E-state index contributed by atoms with van der Waals surface area (Å²) in [6.07, 6.45) is -1.35. The molecule has 0 radical (unpaired) electrons. The van der Waals surface area contributed by atoms with Gasteiger partial charge < -0.3 is 0 Å². The standard InChI is InChI=1S/C13H15ClF3NO2S/c1-18(10-4-2-3-5-10)21(19,20)12-8-9(13(15,16)17)6-7-11(12)14/h6-8,10H,2-5H2,1H3. The average molecular weight is 342 g/mol. The van der Waals surface area contributed by atoms with Crippen LogP contribution in [0.25, 0.3) is 0 Å². The van der Waals surface area contributed by atoms with Gasteiger partial charge in [0.2, 0.25) is 10.0 Å². The highest BCUT2D eigenvalue weighted by molar-refractivity contribution is 7.89. The number of nitrogens with zero attached hydrogens (tertiary/aromatic N) is 1. The first-order valence-electron chi connectivity index (χ1n) is 6.49. The van der Waals surface area contributed by atoms with Gasteiger partial charge in [-0.15, -0.1) is 0 Å². The molecule has 0 bridgehead atoms. The average Bonchev–Trinajstić information content (AvgIpc) is 2.90. The van der Waals surface area contributed by atoms with E-state index in [1.54, 1.807) is 0 Å². The van der Waals surface area contributed by atoms with Gasteiger partial charge >= 0.3 is 6.18 Å². The summed E-state index contributed by atoms with van der Waals surface area (Å²) in [6, 6.07) is 2.17. The highest BCUT2D eigenvalue weighted by Gasteiger charge is 2.35. The molecule has 1 aliphatic rings. The predicted octanol–water partition coefficient (Wildman–Crippen LogP) is 3.92. The Labute approximate surface area is 126 Å². The van der Waals surface area contributed by atoms with Crippen LogP contribution in [-0.4, -0.2) is 25.8 Å². The Morgan fingerprint density at radius 2 is 1.81 bits per heavy atom. The van der Waals surface area contributed by atoms with Crippen molar-refractivity contribution in [1.82, 2.24) is 4.31 Å². The Bertz CT molecular complexity index is 625.